The fourth-order valence-electron chi connectivity index (χ4n) is 1.83. The van der Waals surface area contributed by atoms with Gasteiger partial charge in [-0.1, -0.05) is 22.0 Å². The van der Waals surface area contributed by atoms with Crippen LogP contribution in [0.1, 0.15) is 11.1 Å². The quantitative estimate of drug-likeness (QED) is 0.775. The zero-order chi connectivity index (χ0) is 15.4. The Hall–Kier alpha value is -1.33. The third kappa shape index (κ3) is 4.58. The first-order valence-corrected chi connectivity index (χ1v) is 8.18. The largest absolute Gasteiger partial charge is 0.323 e. The van der Waals surface area contributed by atoms with Crippen molar-refractivity contribution in [1.29, 1.82) is 0 Å². The van der Waals surface area contributed by atoms with E-state index < -0.39 is 5.82 Å². The molecule has 0 radical (unpaired) electrons. The van der Waals surface area contributed by atoms with Crippen molar-refractivity contribution in [3.05, 3.63) is 57.8 Å². The first-order chi connectivity index (χ1) is 9.95. The molecule has 0 aliphatic rings. The fourth-order valence-corrected chi connectivity index (χ4v) is 3.11. The molecule has 110 valence electrons. The predicted octanol–water partition coefficient (Wildman–Crippen LogP) is 4.94. The van der Waals surface area contributed by atoms with Crippen molar-refractivity contribution >= 4 is 39.3 Å². The molecule has 0 aromatic heterocycles. The van der Waals surface area contributed by atoms with E-state index >= 15 is 0 Å². The summed E-state index contributed by atoms with van der Waals surface area (Å²) in [6.45, 7) is 3.80. The number of rotatable bonds is 4. The van der Waals surface area contributed by atoms with E-state index in [9.17, 15) is 9.18 Å². The van der Waals surface area contributed by atoms with Gasteiger partial charge in [-0.05, 0) is 55.3 Å². The molecule has 0 saturated carbocycles. The van der Waals surface area contributed by atoms with Crippen LogP contribution < -0.4 is 5.32 Å². The molecule has 2 aromatic carbocycles. The van der Waals surface area contributed by atoms with Crippen LogP contribution in [-0.4, -0.2) is 11.7 Å². The highest BCUT2D eigenvalue weighted by molar-refractivity contribution is 9.10. The fraction of sp³-hybridized carbons (Fsp3) is 0.188. The Labute approximate surface area is 136 Å². The number of halogens is 2. The average molecular weight is 368 g/mol. The lowest BCUT2D eigenvalue weighted by Gasteiger charge is -2.08. The van der Waals surface area contributed by atoms with Crippen molar-refractivity contribution < 1.29 is 9.18 Å². The average Bonchev–Trinajstić information content (AvgIpc) is 2.41. The highest BCUT2D eigenvalue weighted by atomic mass is 79.9. The van der Waals surface area contributed by atoms with E-state index in [1.165, 1.54) is 17.8 Å². The van der Waals surface area contributed by atoms with Crippen molar-refractivity contribution in [2.45, 2.75) is 18.7 Å². The van der Waals surface area contributed by atoms with Gasteiger partial charge in [0.25, 0.3) is 0 Å². The van der Waals surface area contributed by atoms with Crippen molar-refractivity contribution in [2.75, 3.05) is 11.1 Å². The van der Waals surface area contributed by atoms with Gasteiger partial charge in [-0.3, -0.25) is 4.79 Å². The van der Waals surface area contributed by atoms with E-state index in [-0.39, 0.29) is 17.3 Å². The highest BCUT2D eigenvalue weighted by Gasteiger charge is 2.09. The molecule has 0 saturated heterocycles. The van der Waals surface area contributed by atoms with E-state index in [0.29, 0.717) is 0 Å². The molecule has 2 rings (SSSR count). The lowest BCUT2D eigenvalue weighted by atomic mass is 10.2. The number of aryl methyl sites for hydroxylation is 2. The Bertz CT molecular complexity index is 675. The van der Waals surface area contributed by atoms with E-state index in [0.717, 1.165) is 20.5 Å². The summed E-state index contributed by atoms with van der Waals surface area (Å²) in [5.74, 6) is -0.381. The summed E-state index contributed by atoms with van der Waals surface area (Å²) in [6, 6.07) is 10.7. The number of anilines is 1. The summed E-state index contributed by atoms with van der Waals surface area (Å²) in [6.07, 6.45) is 0. The Kier molecular flexibility index (Phi) is 5.42. The lowest BCUT2D eigenvalue weighted by molar-refractivity contribution is -0.113. The second-order valence-corrected chi connectivity index (χ2v) is 6.66. The number of benzene rings is 2. The van der Waals surface area contributed by atoms with E-state index in [1.807, 2.05) is 25.1 Å². The molecular weight excluding hydrogens is 353 g/mol. The normalized spacial score (nSPS) is 10.5. The van der Waals surface area contributed by atoms with Gasteiger partial charge in [-0.25, -0.2) is 4.39 Å². The van der Waals surface area contributed by atoms with Crippen LogP contribution in [0.25, 0.3) is 0 Å². The van der Waals surface area contributed by atoms with Crippen LogP contribution in [0.5, 0.6) is 0 Å². The third-order valence-corrected chi connectivity index (χ3v) is 4.56. The zero-order valence-corrected chi connectivity index (χ0v) is 14.1. The van der Waals surface area contributed by atoms with Crippen molar-refractivity contribution in [3.63, 3.8) is 0 Å². The van der Waals surface area contributed by atoms with E-state index in [4.69, 9.17) is 0 Å². The molecule has 21 heavy (non-hydrogen) atoms. The van der Waals surface area contributed by atoms with Gasteiger partial charge < -0.3 is 5.32 Å². The molecule has 2 nitrogen and oxygen atoms in total. The van der Waals surface area contributed by atoms with Crippen LogP contribution >= 0.6 is 27.7 Å². The monoisotopic (exact) mass is 367 g/mol. The van der Waals surface area contributed by atoms with Crippen LogP contribution in [0.3, 0.4) is 0 Å². The second kappa shape index (κ2) is 7.09. The van der Waals surface area contributed by atoms with Gasteiger partial charge in [0.2, 0.25) is 5.91 Å². The van der Waals surface area contributed by atoms with Gasteiger partial charge in [0.1, 0.15) is 5.82 Å². The molecule has 2 aromatic rings. The minimum Gasteiger partial charge on any atom is -0.323 e. The summed E-state index contributed by atoms with van der Waals surface area (Å²) < 4.78 is 14.7. The van der Waals surface area contributed by atoms with Crippen LogP contribution in [0.15, 0.2) is 45.8 Å². The van der Waals surface area contributed by atoms with Gasteiger partial charge in [-0.2, -0.15) is 0 Å². The predicted molar refractivity (Wildman–Crippen MR) is 89.4 cm³/mol. The van der Waals surface area contributed by atoms with Crippen LogP contribution in [0, 0.1) is 19.7 Å². The first-order valence-electron chi connectivity index (χ1n) is 6.40. The lowest BCUT2D eigenvalue weighted by Crippen LogP contribution is -2.15. The molecule has 0 aliphatic carbocycles. The molecule has 5 heteroatoms. The molecule has 0 bridgehead atoms. The van der Waals surface area contributed by atoms with Gasteiger partial charge in [0, 0.05) is 9.37 Å². The highest BCUT2D eigenvalue weighted by Crippen LogP contribution is 2.25. The molecule has 0 unspecified atom stereocenters. The maximum absolute atomic E-state index is 13.7. The van der Waals surface area contributed by atoms with Gasteiger partial charge in [0.05, 0.1) is 11.4 Å². The molecule has 0 spiro atoms. The molecule has 1 amide bonds. The summed E-state index contributed by atoms with van der Waals surface area (Å²) in [4.78, 5) is 12.9. The Morgan fingerprint density at radius 2 is 2.00 bits per heavy atom. The number of carbonyl (C=O) groups excluding carboxylic acids is 1. The number of hydrogen-bond donors (Lipinski definition) is 1. The molecule has 0 heterocycles. The summed E-state index contributed by atoms with van der Waals surface area (Å²) >= 11 is 4.84. The first kappa shape index (κ1) is 16.0. The SMILES string of the molecule is Cc1ccc(NC(=O)CSc2ccc(Br)cc2C)c(F)c1. The molecular formula is C16H15BrFNOS. The summed E-state index contributed by atoms with van der Waals surface area (Å²) in [5.41, 5.74) is 2.15. The van der Waals surface area contributed by atoms with Gasteiger partial charge in [0.15, 0.2) is 0 Å². The van der Waals surface area contributed by atoms with E-state index in [1.54, 1.807) is 19.1 Å². The van der Waals surface area contributed by atoms with Crippen molar-refractivity contribution in [3.8, 4) is 0 Å². The maximum Gasteiger partial charge on any atom is 0.234 e. The Morgan fingerprint density at radius 3 is 2.67 bits per heavy atom. The number of thioether (sulfide) groups is 1. The van der Waals surface area contributed by atoms with Crippen molar-refractivity contribution in [1.82, 2.24) is 0 Å². The molecule has 1 N–H and O–H groups in total. The standard InChI is InChI=1S/C16H15BrFNOS/c1-10-3-5-14(13(18)7-10)19-16(20)9-21-15-6-4-12(17)8-11(15)2/h3-8H,9H2,1-2H3,(H,19,20). The van der Waals surface area contributed by atoms with Crippen molar-refractivity contribution in [2.24, 2.45) is 0 Å². The molecule has 0 aliphatic heterocycles. The number of amides is 1. The topological polar surface area (TPSA) is 29.1 Å². The summed E-state index contributed by atoms with van der Waals surface area (Å²) in [7, 11) is 0. The van der Waals surface area contributed by atoms with Crippen LogP contribution in [0.2, 0.25) is 0 Å². The molecule has 0 fully saturated rings. The smallest absolute Gasteiger partial charge is 0.234 e. The zero-order valence-electron chi connectivity index (χ0n) is 11.7. The second-order valence-electron chi connectivity index (χ2n) is 4.73. The maximum atomic E-state index is 13.7. The number of carbonyl (C=O) groups is 1. The molecule has 0 atom stereocenters. The minimum absolute atomic E-state index is 0.218. The summed E-state index contributed by atoms with van der Waals surface area (Å²) in [5, 5.41) is 2.59. The van der Waals surface area contributed by atoms with Crippen LogP contribution in [0.4, 0.5) is 10.1 Å². The Balaban J connectivity index is 1.96. The van der Waals surface area contributed by atoms with Crippen LogP contribution in [-0.2, 0) is 4.79 Å². The number of hydrogen-bond acceptors (Lipinski definition) is 2. The van der Waals surface area contributed by atoms with E-state index in [2.05, 4.69) is 21.2 Å². The number of nitrogens with one attached hydrogen (secondary N) is 1. The minimum atomic E-state index is -0.409. The third-order valence-electron chi connectivity index (χ3n) is 2.89. The Morgan fingerprint density at radius 1 is 1.24 bits per heavy atom. The van der Waals surface area contributed by atoms with Gasteiger partial charge >= 0.3 is 0 Å². The van der Waals surface area contributed by atoms with Gasteiger partial charge in [-0.15, -0.1) is 11.8 Å².